The molecule has 4 nitrogen and oxygen atoms in total. The van der Waals surface area contributed by atoms with Crippen molar-refractivity contribution in [2.45, 2.75) is 12.8 Å². The van der Waals surface area contributed by atoms with Crippen LogP contribution >= 0.6 is 0 Å². The smallest absolute Gasteiger partial charge is 0.147 e. The van der Waals surface area contributed by atoms with E-state index >= 15 is 0 Å². The molecule has 0 amide bonds. The number of nitrogens with zero attached hydrogens (tertiary/aromatic N) is 2. The second kappa shape index (κ2) is 4.77. The van der Waals surface area contributed by atoms with E-state index in [9.17, 15) is 0 Å². The van der Waals surface area contributed by atoms with E-state index < -0.39 is 0 Å². The first kappa shape index (κ1) is 9.06. The van der Waals surface area contributed by atoms with E-state index in [0.29, 0.717) is 0 Å². The molecule has 1 heterocycles. The molecule has 1 aromatic rings. The molecule has 1 rings (SSSR count). The molecule has 3 N–H and O–H groups in total. The second-order valence-corrected chi connectivity index (χ2v) is 2.80. The second-order valence-electron chi connectivity index (χ2n) is 2.80. The maximum Gasteiger partial charge on any atom is 0.147 e. The van der Waals surface area contributed by atoms with Crippen LogP contribution in [-0.4, -0.2) is 22.9 Å². The maximum atomic E-state index is 5.36. The molecule has 0 fully saturated rings. The molecule has 0 atom stereocenters. The molecule has 0 radical (unpaired) electrons. The van der Waals surface area contributed by atoms with Gasteiger partial charge in [-0.3, -0.25) is 4.68 Å². The number of rotatable bonds is 5. The van der Waals surface area contributed by atoms with Crippen molar-refractivity contribution in [1.29, 1.82) is 0 Å². The zero-order chi connectivity index (χ0) is 8.81. The molecule has 68 valence electrons. The molecule has 12 heavy (non-hydrogen) atoms. The van der Waals surface area contributed by atoms with Crippen molar-refractivity contribution < 1.29 is 0 Å². The first-order valence-electron chi connectivity index (χ1n) is 4.26. The van der Waals surface area contributed by atoms with Crippen LogP contribution in [0.2, 0.25) is 0 Å². The number of unbranched alkanes of at least 4 members (excludes halogenated alkanes) is 1. The Labute approximate surface area is 72.8 Å². The lowest BCUT2D eigenvalue weighted by Crippen LogP contribution is -2.06. The van der Waals surface area contributed by atoms with Gasteiger partial charge in [-0.2, -0.15) is 5.10 Å². The van der Waals surface area contributed by atoms with E-state index in [2.05, 4.69) is 10.4 Å². The Kier molecular flexibility index (Phi) is 3.60. The molecule has 0 aliphatic carbocycles. The molecule has 0 bridgehead atoms. The van der Waals surface area contributed by atoms with Gasteiger partial charge in [-0.15, -0.1) is 0 Å². The Morgan fingerprint density at radius 1 is 1.58 bits per heavy atom. The van der Waals surface area contributed by atoms with E-state index in [1.54, 1.807) is 4.68 Å². The monoisotopic (exact) mass is 168 g/mol. The molecule has 4 heteroatoms. The average molecular weight is 168 g/mol. The predicted octanol–water partition coefficient (Wildman–Crippen LogP) is 0.571. The summed E-state index contributed by atoms with van der Waals surface area (Å²) in [5.41, 5.74) is 5.36. The molecule has 0 aliphatic heterocycles. The minimum absolute atomic E-state index is 0.768. The average Bonchev–Trinajstić information content (AvgIpc) is 2.45. The Morgan fingerprint density at radius 2 is 2.42 bits per heavy atom. The van der Waals surface area contributed by atoms with Gasteiger partial charge in [-0.05, 0) is 19.4 Å². The molecule has 0 saturated carbocycles. The highest BCUT2D eigenvalue weighted by Gasteiger charge is 1.93. The van der Waals surface area contributed by atoms with Gasteiger partial charge in [0.2, 0.25) is 0 Å². The van der Waals surface area contributed by atoms with Crippen LogP contribution in [0, 0.1) is 0 Å². The number of aromatic nitrogens is 2. The first-order chi connectivity index (χ1) is 5.83. The molecule has 0 unspecified atom stereocenters. The van der Waals surface area contributed by atoms with Crippen LogP contribution in [0.25, 0.3) is 0 Å². The summed E-state index contributed by atoms with van der Waals surface area (Å²) in [4.78, 5) is 0. The van der Waals surface area contributed by atoms with E-state index in [1.165, 1.54) is 0 Å². The highest BCUT2D eigenvalue weighted by Crippen LogP contribution is 2.00. The summed E-state index contributed by atoms with van der Waals surface area (Å²) < 4.78 is 1.78. The molecule has 0 aromatic carbocycles. The summed E-state index contributed by atoms with van der Waals surface area (Å²) in [6.07, 6.45) is 4.10. The number of nitrogens with two attached hydrogens (primary N) is 1. The molecule has 0 spiro atoms. The quantitative estimate of drug-likeness (QED) is 0.632. The van der Waals surface area contributed by atoms with Crippen molar-refractivity contribution in [1.82, 2.24) is 9.78 Å². The summed E-state index contributed by atoms with van der Waals surface area (Å²) in [5, 5.41) is 7.40. The molecule has 0 saturated heterocycles. The van der Waals surface area contributed by atoms with Gasteiger partial charge in [0.05, 0.1) is 0 Å². The Bertz CT molecular complexity index is 219. The van der Waals surface area contributed by atoms with Crippen LogP contribution in [0.3, 0.4) is 0 Å². The first-order valence-corrected chi connectivity index (χ1v) is 4.26. The lowest BCUT2D eigenvalue weighted by Gasteiger charge is -2.00. The number of aryl methyl sites for hydroxylation is 1. The molecular weight excluding hydrogens is 152 g/mol. The van der Waals surface area contributed by atoms with Crippen molar-refractivity contribution in [2.75, 3.05) is 18.4 Å². The predicted molar refractivity (Wildman–Crippen MR) is 50.0 cm³/mol. The Balaban J connectivity index is 2.15. The molecule has 1 aromatic heterocycles. The van der Waals surface area contributed by atoms with Gasteiger partial charge in [-0.25, -0.2) is 0 Å². The topological polar surface area (TPSA) is 55.9 Å². The van der Waals surface area contributed by atoms with Crippen LogP contribution in [-0.2, 0) is 7.05 Å². The summed E-state index contributed by atoms with van der Waals surface area (Å²) in [6, 6.07) is 1.96. The van der Waals surface area contributed by atoms with Crippen molar-refractivity contribution in [3.63, 3.8) is 0 Å². The number of anilines is 1. The lowest BCUT2D eigenvalue weighted by molar-refractivity contribution is 0.752. The Morgan fingerprint density at radius 3 is 3.00 bits per heavy atom. The van der Waals surface area contributed by atoms with Crippen LogP contribution in [0.4, 0.5) is 5.82 Å². The van der Waals surface area contributed by atoms with Gasteiger partial charge in [0, 0.05) is 25.9 Å². The highest BCUT2D eigenvalue weighted by molar-refractivity contribution is 5.31. The van der Waals surface area contributed by atoms with Gasteiger partial charge >= 0.3 is 0 Å². The van der Waals surface area contributed by atoms with Crippen molar-refractivity contribution in [3.05, 3.63) is 12.3 Å². The van der Waals surface area contributed by atoms with E-state index in [0.717, 1.165) is 31.7 Å². The summed E-state index contributed by atoms with van der Waals surface area (Å²) in [5.74, 6) is 0.939. The summed E-state index contributed by atoms with van der Waals surface area (Å²) >= 11 is 0. The minimum atomic E-state index is 0.768. The van der Waals surface area contributed by atoms with Gasteiger partial charge < -0.3 is 11.1 Å². The van der Waals surface area contributed by atoms with Crippen molar-refractivity contribution in [2.24, 2.45) is 12.8 Å². The van der Waals surface area contributed by atoms with Crippen LogP contribution in [0.1, 0.15) is 12.8 Å². The number of hydrogen-bond donors (Lipinski definition) is 2. The fourth-order valence-electron chi connectivity index (χ4n) is 0.995. The summed E-state index contributed by atoms with van der Waals surface area (Å²) in [7, 11) is 1.91. The highest BCUT2D eigenvalue weighted by atomic mass is 15.3. The van der Waals surface area contributed by atoms with Crippen molar-refractivity contribution in [3.8, 4) is 0 Å². The zero-order valence-electron chi connectivity index (χ0n) is 7.45. The van der Waals surface area contributed by atoms with Gasteiger partial charge in [0.25, 0.3) is 0 Å². The van der Waals surface area contributed by atoms with Crippen LogP contribution in [0.5, 0.6) is 0 Å². The minimum Gasteiger partial charge on any atom is -0.369 e. The third kappa shape index (κ3) is 2.92. The van der Waals surface area contributed by atoms with E-state index in [-0.39, 0.29) is 0 Å². The van der Waals surface area contributed by atoms with Crippen LogP contribution in [0.15, 0.2) is 12.3 Å². The van der Waals surface area contributed by atoms with Gasteiger partial charge in [0.1, 0.15) is 5.82 Å². The SMILES string of the molecule is Cn1ccc(NCCCCN)n1. The van der Waals surface area contributed by atoms with Crippen molar-refractivity contribution >= 4 is 5.82 Å². The number of hydrogen-bond acceptors (Lipinski definition) is 3. The zero-order valence-corrected chi connectivity index (χ0v) is 7.45. The molecular formula is C8H16N4. The largest absolute Gasteiger partial charge is 0.369 e. The van der Waals surface area contributed by atoms with E-state index in [1.807, 2.05) is 19.3 Å². The lowest BCUT2D eigenvalue weighted by atomic mass is 10.3. The standard InChI is InChI=1S/C8H16N4/c1-12-7-4-8(11-12)10-6-3-2-5-9/h4,7H,2-3,5-6,9H2,1H3,(H,10,11). The van der Waals surface area contributed by atoms with Crippen LogP contribution < -0.4 is 11.1 Å². The van der Waals surface area contributed by atoms with E-state index in [4.69, 9.17) is 5.73 Å². The normalized spacial score (nSPS) is 10.2. The maximum absolute atomic E-state index is 5.36. The Hall–Kier alpha value is -1.03. The number of nitrogens with one attached hydrogen (secondary N) is 1. The molecule has 0 aliphatic rings. The third-order valence-electron chi connectivity index (χ3n) is 1.65. The summed E-state index contributed by atoms with van der Waals surface area (Å²) in [6.45, 7) is 1.72. The van der Waals surface area contributed by atoms with Gasteiger partial charge in [-0.1, -0.05) is 0 Å². The third-order valence-corrected chi connectivity index (χ3v) is 1.65. The fourth-order valence-corrected chi connectivity index (χ4v) is 0.995. The van der Waals surface area contributed by atoms with Gasteiger partial charge in [0.15, 0.2) is 0 Å². The fraction of sp³-hybridized carbons (Fsp3) is 0.625.